The van der Waals surface area contributed by atoms with Crippen LogP contribution in [0.4, 0.5) is 0 Å². The summed E-state index contributed by atoms with van der Waals surface area (Å²) in [6.45, 7) is 3.11. The number of carbonyl (C=O) groups excluding carboxylic acids is 1. The highest BCUT2D eigenvalue weighted by Crippen LogP contribution is 2.23. The molecule has 2 heterocycles. The summed E-state index contributed by atoms with van der Waals surface area (Å²) in [5, 5.41) is 6.92. The van der Waals surface area contributed by atoms with Gasteiger partial charge in [-0.3, -0.25) is 9.48 Å². The average Bonchev–Trinajstić information content (AvgIpc) is 2.99. The van der Waals surface area contributed by atoms with Crippen molar-refractivity contribution in [3.63, 3.8) is 0 Å². The lowest BCUT2D eigenvalue weighted by Crippen LogP contribution is -2.36. The summed E-state index contributed by atoms with van der Waals surface area (Å²) in [5.74, 6) is -0.320. The molecule has 1 amide bonds. The molecule has 0 bridgehead atoms. The van der Waals surface area contributed by atoms with Crippen LogP contribution in [-0.4, -0.2) is 41.5 Å². The maximum Gasteiger partial charge on any atom is 0.272 e. The van der Waals surface area contributed by atoms with Crippen molar-refractivity contribution >= 4 is 15.9 Å². The van der Waals surface area contributed by atoms with E-state index in [1.807, 2.05) is 6.92 Å². The minimum Gasteiger partial charge on any atom is -0.347 e. The highest BCUT2D eigenvalue weighted by atomic mass is 32.2. The monoisotopic (exact) mass is 376 g/mol. The molecule has 2 aromatic rings. The first kappa shape index (κ1) is 18.6. The second-order valence-corrected chi connectivity index (χ2v) is 8.46. The molecule has 1 N–H and O–H groups in total. The van der Waals surface area contributed by atoms with E-state index in [9.17, 15) is 13.2 Å². The summed E-state index contributed by atoms with van der Waals surface area (Å²) in [4.78, 5) is 12.6. The normalized spacial score (nSPS) is 15.8. The second kappa shape index (κ2) is 7.59. The Labute approximate surface area is 154 Å². The molecule has 1 aliphatic heterocycles. The van der Waals surface area contributed by atoms with Gasteiger partial charge in [0.05, 0.1) is 4.90 Å². The van der Waals surface area contributed by atoms with Crippen molar-refractivity contribution in [2.24, 2.45) is 7.05 Å². The van der Waals surface area contributed by atoms with Crippen LogP contribution in [0.2, 0.25) is 0 Å². The molecule has 3 rings (SSSR count). The Kier molecular flexibility index (Phi) is 5.43. The molecule has 1 saturated heterocycles. The Balaban J connectivity index is 1.78. The van der Waals surface area contributed by atoms with Crippen molar-refractivity contribution in [1.29, 1.82) is 0 Å². The van der Waals surface area contributed by atoms with Crippen molar-refractivity contribution in [2.45, 2.75) is 37.6 Å². The van der Waals surface area contributed by atoms with Crippen molar-refractivity contribution in [3.8, 4) is 0 Å². The third kappa shape index (κ3) is 3.81. The first-order valence-electron chi connectivity index (χ1n) is 8.76. The quantitative estimate of drug-likeness (QED) is 0.863. The summed E-state index contributed by atoms with van der Waals surface area (Å²) in [5.41, 5.74) is 1.78. The Morgan fingerprint density at radius 3 is 2.54 bits per heavy atom. The van der Waals surface area contributed by atoms with Crippen LogP contribution >= 0.6 is 0 Å². The lowest BCUT2D eigenvalue weighted by atomic mass is 10.2. The molecule has 0 spiro atoms. The van der Waals surface area contributed by atoms with Gasteiger partial charge in [0.25, 0.3) is 5.91 Å². The zero-order valence-corrected chi connectivity index (χ0v) is 15.9. The summed E-state index contributed by atoms with van der Waals surface area (Å²) >= 11 is 0. The van der Waals surface area contributed by atoms with Crippen molar-refractivity contribution in [1.82, 2.24) is 19.4 Å². The number of aromatic nitrogens is 2. The van der Waals surface area contributed by atoms with E-state index in [0.29, 0.717) is 24.3 Å². The first-order chi connectivity index (χ1) is 12.4. The lowest BCUT2D eigenvalue weighted by Gasteiger charge is -2.26. The number of hydrogen-bond acceptors (Lipinski definition) is 4. The van der Waals surface area contributed by atoms with E-state index in [1.165, 1.54) is 0 Å². The predicted molar refractivity (Wildman–Crippen MR) is 98.2 cm³/mol. The third-order valence-corrected chi connectivity index (χ3v) is 6.69. The number of nitrogens with zero attached hydrogens (tertiary/aromatic N) is 3. The molecule has 0 atom stereocenters. The van der Waals surface area contributed by atoms with Gasteiger partial charge in [-0.15, -0.1) is 0 Å². The van der Waals surface area contributed by atoms with Crippen LogP contribution in [0, 0.1) is 6.92 Å². The van der Waals surface area contributed by atoms with E-state index >= 15 is 0 Å². The smallest absolute Gasteiger partial charge is 0.272 e. The van der Waals surface area contributed by atoms with Crippen LogP contribution in [0.5, 0.6) is 0 Å². The zero-order valence-electron chi connectivity index (χ0n) is 15.1. The highest BCUT2D eigenvalue weighted by molar-refractivity contribution is 7.89. The summed E-state index contributed by atoms with van der Waals surface area (Å²) in [6.07, 6.45) is 2.83. The summed E-state index contributed by atoms with van der Waals surface area (Å²) in [7, 11) is -1.78. The number of amides is 1. The number of benzene rings is 1. The van der Waals surface area contributed by atoms with Crippen LogP contribution in [0.25, 0.3) is 0 Å². The van der Waals surface area contributed by atoms with E-state index in [2.05, 4.69) is 10.4 Å². The van der Waals surface area contributed by atoms with Crippen LogP contribution in [0.15, 0.2) is 35.2 Å². The fourth-order valence-electron chi connectivity index (χ4n) is 3.08. The van der Waals surface area contributed by atoms with E-state index in [1.54, 1.807) is 46.4 Å². The van der Waals surface area contributed by atoms with Crippen molar-refractivity contribution in [2.75, 3.05) is 13.1 Å². The van der Waals surface area contributed by atoms with Gasteiger partial charge in [0.2, 0.25) is 10.0 Å². The number of aryl methyl sites for hydroxylation is 2. The maximum atomic E-state index is 13.0. The molecule has 1 aliphatic rings. The molecule has 26 heavy (non-hydrogen) atoms. The number of hydrogen-bond donors (Lipinski definition) is 1. The van der Waals surface area contributed by atoms with Gasteiger partial charge in [0, 0.05) is 32.4 Å². The second-order valence-electron chi connectivity index (χ2n) is 6.55. The minimum absolute atomic E-state index is 0.137. The Hall–Kier alpha value is -2.19. The minimum atomic E-state index is -3.55. The number of carbonyl (C=O) groups is 1. The zero-order chi connectivity index (χ0) is 18.7. The largest absolute Gasteiger partial charge is 0.347 e. The topological polar surface area (TPSA) is 84.3 Å². The van der Waals surface area contributed by atoms with E-state index in [0.717, 1.165) is 25.0 Å². The van der Waals surface area contributed by atoms with Gasteiger partial charge >= 0.3 is 0 Å². The van der Waals surface area contributed by atoms with E-state index in [-0.39, 0.29) is 17.3 Å². The molecule has 140 valence electrons. The van der Waals surface area contributed by atoms with Gasteiger partial charge in [-0.1, -0.05) is 24.6 Å². The average molecular weight is 376 g/mol. The van der Waals surface area contributed by atoms with E-state index < -0.39 is 10.0 Å². The van der Waals surface area contributed by atoms with Crippen molar-refractivity contribution in [3.05, 3.63) is 47.3 Å². The molecule has 1 fully saturated rings. The molecular formula is C18H24N4O3S. The molecule has 0 saturated carbocycles. The first-order valence-corrected chi connectivity index (χ1v) is 10.2. The Morgan fingerprint density at radius 1 is 1.19 bits per heavy atom. The fraction of sp³-hybridized carbons (Fsp3) is 0.444. The predicted octanol–water partition coefficient (Wildman–Crippen LogP) is 1.83. The van der Waals surface area contributed by atoms with Crippen LogP contribution in [-0.2, 0) is 23.6 Å². The van der Waals surface area contributed by atoms with Gasteiger partial charge in [0.15, 0.2) is 0 Å². The standard InChI is InChI=1S/C18H24N4O3S/c1-14-12-16(20-21(14)2)18(23)19-13-15-8-4-5-9-17(15)26(24,25)22-10-6-3-7-11-22/h4-5,8-9,12H,3,6-7,10-11,13H2,1-2H3,(H,19,23). The number of rotatable bonds is 5. The van der Waals surface area contributed by atoms with Crippen molar-refractivity contribution < 1.29 is 13.2 Å². The fourth-order valence-corrected chi connectivity index (χ4v) is 4.82. The molecule has 0 radical (unpaired) electrons. The van der Waals surface area contributed by atoms with Crippen LogP contribution in [0.3, 0.4) is 0 Å². The molecule has 1 aromatic heterocycles. The highest BCUT2D eigenvalue weighted by Gasteiger charge is 2.28. The molecule has 0 aliphatic carbocycles. The van der Waals surface area contributed by atoms with Gasteiger partial charge < -0.3 is 5.32 Å². The Morgan fingerprint density at radius 2 is 1.88 bits per heavy atom. The number of sulfonamides is 1. The molecule has 7 nitrogen and oxygen atoms in total. The molecule has 0 unspecified atom stereocenters. The SMILES string of the molecule is Cc1cc(C(=O)NCc2ccccc2S(=O)(=O)N2CCCCC2)nn1C. The van der Waals surface area contributed by atoms with E-state index in [4.69, 9.17) is 0 Å². The van der Waals surface area contributed by atoms with Gasteiger partial charge in [-0.05, 0) is 37.5 Å². The maximum absolute atomic E-state index is 13.0. The van der Waals surface area contributed by atoms with Gasteiger partial charge in [-0.2, -0.15) is 9.40 Å². The molecular weight excluding hydrogens is 352 g/mol. The molecule has 8 heteroatoms. The number of piperidine rings is 1. The third-order valence-electron chi connectivity index (χ3n) is 4.69. The van der Waals surface area contributed by atoms with Crippen LogP contribution < -0.4 is 5.32 Å². The summed E-state index contributed by atoms with van der Waals surface area (Å²) in [6, 6.07) is 8.54. The van der Waals surface area contributed by atoms with Gasteiger partial charge in [0.1, 0.15) is 5.69 Å². The number of nitrogens with one attached hydrogen (secondary N) is 1. The Bertz CT molecular complexity index is 879. The van der Waals surface area contributed by atoms with Crippen LogP contribution in [0.1, 0.15) is 41.0 Å². The molecule has 1 aromatic carbocycles. The van der Waals surface area contributed by atoms with Gasteiger partial charge in [-0.25, -0.2) is 8.42 Å². The lowest BCUT2D eigenvalue weighted by molar-refractivity contribution is 0.0945. The summed E-state index contributed by atoms with van der Waals surface area (Å²) < 4.78 is 29.1.